The van der Waals surface area contributed by atoms with E-state index in [2.05, 4.69) is 22.0 Å². The van der Waals surface area contributed by atoms with Gasteiger partial charge in [-0.15, -0.1) is 0 Å². The van der Waals surface area contributed by atoms with E-state index in [1.807, 2.05) is 6.80 Å². The maximum atomic E-state index is 10.5. The van der Waals surface area contributed by atoms with Crippen LogP contribution in [-0.4, -0.2) is 39.6 Å². The molecule has 0 unspecified atom stereocenters. The Morgan fingerprint density at radius 3 is 3.08 bits per heavy atom. The number of carbonyl (C=O) groups excluding carboxylic acids is 1. The van der Waals surface area contributed by atoms with E-state index in [4.69, 9.17) is 0 Å². The van der Waals surface area contributed by atoms with Crippen LogP contribution in [0.1, 0.15) is 0 Å². The number of esters is 1. The molecular formula is C6H4B3NO2Y-2. The quantitative estimate of drug-likeness (QED) is 0.389. The van der Waals surface area contributed by atoms with Crippen LogP contribution in [0.4, 0.5) is 5.58 Å². The maximum Gasteiger partial charge on any atom is 0 e. The summed E-state index contributed by atoms with van der Waals surface area (Å²) in [4.78, 5) is 14.2. The molecule has 0 aliphatic rings. The van der Waals surface area contributed by atoms with Gasteiger partial charge in [-0.3, -0.25) is 0 Å². The molecule has 0 saturated heterocycles. The van der Waals surface area contributed by atoms with Gasteiger partial charge in [0.25, 0.3) is 0 Å². The van der Waals surface area contributed by atoms with Crippen molar-refractivity contribution in [2.75, 3.05) is 7.11 Å². The molecule has 0 atom stereocenters. The van der Waals surface area contributed by atoms with Gasteiger partial charge in [0.05, 0.1) is 0 Å². The van der Waals surface area contributed by atoms with E-state index in [9.17, 15) is 4.79 Å². The molecule has 0 bridgehead atoms. The summed E-state index contributed by atoms with van der Waals surface area (Å²) < 4.78 is 4.31. The molecule has 0 aromatic carbocycles. The number of aliphatic imine (C=N–C) groups is 1. The van der Waals surface area contributed by atoms with Crippen molar-refractivity contribution in [3.63, 3.8) is 0 Å². The normalized spacial score (nSPS) is 8.38. The molecular weight excluding hydrogens is 239 g/mol. The fourth-order valence-corrected chi connectivity index (χ4v) is 0.605. The Bertz CT molecular complexity index is 293. The molecule has 13 heavy (non-hydrogen) atoms. The molecule has 0 N–H and O–H groups in total. The fourth-order valence-electron chi connectivity index (χ4n) is 0.605. The zero-order chi connectivity index (χ0) is 8.81. The Morgan fingerprint density at radius 2 is 2.54 bits per heavy atom. The largest absolute Gasteiger partial charge is 0 e. The van der Waals surface area contributed by atoms with Gasteiger partial charge in [0.15, 0.2) is 0 Å². The zero-order valence-corrected chi connectivity index (χ0v) is 9.99. The summed E-state index contributed by atoms with van der Waals surface area (Å²) in [5, 5.41) is 0. The van der Waals surface area contributed by atoms with E-state index in [0.29, 0.717) is 5.58 Å². The van der Waals surface area contributed by atoms with Crippen LogP contribution in [0.2, 0.25) is 0 Å². The summed E-state index contributed by atoms with van der Waals surface area (Å²) in [6.07, 6.45) is 2.18. The van der Waals surface area contributed by atoms with Gasteiger partial charge in [0.2, 0.25) is 0 Å². The second-order valence-corrected chi connectivity index (χ2v) is 1.96. The summed E-state index contributed by atoms with van der Waals surface area (Å²) in [6.45, 7) is 5.33. The Kier molecular flexibility index (Phi) is 7.48. The average molecular weight is 243 g/mol. The molecule has 0 fully saturated rings. The molecule has 1 rings (SSSR count). The maximum absolute atomic E-state index is 10.5. The first-order valence-electron chi connectivity index (χ1n) is 3.34. The van der Waals surface area contributed by atoms with Gasteiger partial charge >= 0.3 is 71.7 Å². The van der Waals surface area contributed by atoms with Crippen LogP contribution in [0.25, 0.3) is 0 Å². The predicted octanol–water partition coefficient (Wildman–Crippen LogP) is -0.749. The summed E-state index contributed by atoms with van der Waals surface area (Å²) >= 11 is 0. The monoisotopic (exact) mass is 244 g/mol. The Morgan fingerprint density at radius 1 is 1.77 bits per heavy atom. The topological polar surface area (TPSA) is 38.7 Å². The van der Waals surface area contributed by atoms with Crippen LogP contribution in [0, 0.1) is 6.07 Å². The van der Waals surface area contributed by atoms with Crippen molar-refractivity contribution in [3.05, 3.63) is 12.0 Å². The molecule has 59 valence electrons. The van der Waals surface area contributed by atoms with E-state index < -0.39 is 5.97 Å². The van der Waals surface area contributed by atoms with Crippen molar-refractivity contribution in [1.82, 2.24) is 0 Å². The minimum atomic E-state index is -0.591. The first-order valence-corrected chi connectivity index (χ1v) is 3.34. The number of carbonyl (C=O) groups is 1. The van der Waals surface area contributed by atoms with Gasteiger partial charge < -0.3 is 0 Å². The van der Waals surface area contributed by atoms with Crippen LogP contribution >= 0.6 is 0 Å². The fraction of sp³-hybridized carbons (Fsp3) is 0.167. The average Bonchev–Trinajstić information content (AvgIpc) is 2.16. The van der Waals surface area contributed by atoms with E-state index in [0.717, 1.165) is 0 Å². The summed E-state index contributed by atoms with van der Waals surface area (Å²) in [5.74, 6) is 1.12. The van der Waals surface area contributed by atoms with Crippen molar-refractivity contribution in [1.29, 1.82) is 0 Å². The van der Waals surface area contributed by atoms with Crippen molar-refractivity contribution in [3.8, 4) is 0 Å². The van der Waals surface area contributed by atoms with Gasteiger partial charge in [-0.2, -0.15) is 0 Å². The van der Waals surface area contributed by atoms with Crippen molar-refractivity contribution in [2.24, 2.45) is 4.99 Å². The molecule has 1 aromatic heterocycles. The van der Waals surface area contributed by atoms with E-state index >= 15 is 0 Å². The minimum Gasteiger partial charge on any atom is 0 e. The summed E-state index contributed by atoms with van der Waals surface area (Å²) in [7, 11) is 1.28. The SMILES string of the molecule is COC(=O)[C-]=Nc1bbbc[c-]1.[Y]. The Hall–Kier alpha value is 0.0487. The standard InChI is InChI=1S/C6H4B3NO2.Y/c1-12-6(11)4-10-5-2-3-7-9-8-5;/h3H,1H3;/q-2;. The van der Waals surface area contributed by atoms with Gasteiger partial charge in [-0.1, -0.05) is 0 Å². The van der Waals surface area contributed by atoms with Crippen LogP contribution in [0.5, 0.6) is 0 Å². The number of hydrogen-bond donors (Lipinski definition) is 0. The molecule has 1 aromatic rings. The second-order valence-electron chi connectivity index (χ2n) is 1.96. The minimum absolute atomic E-state index is 0. The number of rotatable bonds is 2. The van der Waals surface area contributed by atoms with Crippen molar-refractivity contribution < 1.29 is 42.2 Å². The number of ether oxygens (including phenoxy) is 1. The van der Waals surface area contributed by atoms with Gasteiger partial charge in [-0.05, 0) is 0 Å². The smallest absolute Gasteiger partial charge is 0 e. The van der Waals surface area contributed by atoms with E-state index in [1.54, 1.807) is 19.4 Å². The van der Waals surface area contributed by atoms with Gasteiger partial charge in [0, 0.05) is 32.7 Å². The molecule has 0 aliphatic carbocycles. The third-order valence-electron chi connectivity index (χ3n) is 1.15. The summed E-state index contributed by atoms with van der Waals surface area (Å²) in [6, 6.07) is 2.81. The molecule has 0 saturated carbocycles. The van der Waals surface area contributed by atoms with Gasteiger partial charge in [-0.25, -0.2) is 0 Å². The molecule has 1 heterocycles. The number of hydrogen-bond acceptors (Lipinski definition) is 3. The van der Waals surface area contributed by atoms with E-state index in [1.165, 1.54) is 7.11 Å². The van der Waals surface area contributed by atoms with E-state index in [-0.39, 0.29) is 32.7 Å². The van der Waals surface area contributed by atoms with Gasteiger partial charge in [0.1, 0.15) is 0 Å². The number of nitrogens with zero attached hydrogens (tertiary/aromatic N) is 1. The van der Waals surface area contributed by atoms with Crippen LogP contribution in [0.3, 0.4) is 0 Å². The van der Waals surface area contributed by atoms with Crippen molar-refractivity contribution in [2.45, 2.75) is 0 Å². The molecule has 1 radical (unpaired) electrons. The molecule has 0 spiro atoms. The molecule has 0 amide bonds. The Balaban J connectivity index is 0.00000144. The van der Waals surface area contributed by atoms with Crippen LogP contribution in [-0.2, 0) is 42.2 Å². The van der Waals surface area contributed by atoms with Crippen LogP contribution in [0.15, 0.2) is 11.0 Å². The summed E-state index contributed by atoms with van der Waals surface area (Å²) in [5.41, 5.74) is 0.558. The van der Waals surface area contributed by atoms with Crippen molar-refractivity contribution >= 4 is 38.0 Å². The Labute approximate surface area is 104 Å². The third kappa shape index (κ3) is 5.37. The first kappa shape index (κ1) is 13.0. The zero-order valence-electron chi connectivity index (χ0n) is 7.15. The third-order valence-corrected chi connectivity index (χ3v) is 1.15. The van der Waals surface area contributed by atoms with Crippen LogP contribution < -0.4 is 0 Å². The predicted molar refractivity (Wildman–Crippen MR) is 48.4 cm³/mol. The second kappa shape index (κ2) is 7.45. The number of methoxy groups -OCH3 is 1. The molecule has 3 nitrogen and oxygen atoms in total. The molecule has 7 heteroatoms. The molecule has 0 aliphatic heterocycles. The first-order chi connectivity index (χ1) is 5.83.